The van der Waals surface area contributed by atoms with Crippen molar-refractivity contribution in [2.24, 2.45) is 0 Å². The largest absolute Gasteiger partial charge is 0.343 e. The number of non-ortho nitro benzene ring substituents is 1. The molecule has 0 saturated heterocycles. The standard InChI is InChI=1S/C15H12Cl3N5O4S2/c16-15(17,18)13(21-29-12-4-2-1-3-11(12)23(26)27)20-14(28)19-9-5-7-10(8-6-9)22(24)25/h1-8,13,21H,(H2,19,20,28)/t13-/m0/s1. The van der Waals surface area contributed by atoms with E-state index < -0.39 is 19.8 Å². The van der Waals surface area contributed by atoms with E-state index in [1.807, 2.05) is 0 Å². The molecule has 9 nitrogen and oxygen atoms in total. The molecule has 154 valence electrons. The van der Waals surface area contributed by atoms with E-state index in [0.717, 1.165) is 11.9 Å². The molecule has 3 N–H and O–H groups in total. The molecule has 0 aliphatic heterocycles. The maximum atomic E-state index is 11.1. The maximum absolute atomic E-state index is 11.1. The van der Waals surface area contributed by atoms with Crippen LogP contribution in [0.1, 0.15) is 0 Å². The van der Waals surface area contributed by atoms with Gasteiger partial charge in [0.2, 0.25) is 3.79 Å². The van der Waals surface area contributed by atoms with E-state index in [1.54, 1.807) is 12.1 Å². The maximum Gasteiger partial charge on any atom is 0.284 e. The van der Waals surface area contributed by atoms with Gasteiger partial charge in [-0.2, -0.15) is 0 Å². The fourth-order valence-electron chi connectivity index (χ4n) is 1.96. The lowest BCUT2D eigenvalue weighted by Gasteiger charge is -2.27. The number of hydrogen-bond donors (Lipinski definition) is 3. The Morgan fingerprint density at radius 1 is 1.03 bits per heavy atom. The first-order valence-corrected chi connectivity index (χ1v) is 9.98. The quantitative estimate of drug-likeness (QED) is 0.124. The molecule has 0 spiro atoms. The van der Waals surface area contributed by atoms with Crippen LogP contribution in [0.25, 0.3) is 0 Å². The normalized spacial score (nSPS) is 12.1. The Labute approximate surface area is 189 Å². The van der Waals surface area contributed by atoms with Gasteiger partial charge in [-0.25, -0.2) is 4.72 Å². The van der Waals surface area contributed by atoms with Crippen LogP contribution in [0.3, 0.4) is 0 Å². The fourth-order valence-corrected chi connectivity index (χ4v) is 3.59. The Bertz CT molecular complexity index is 912. The summed E-state index contributed by atoms with van der Waals surface area (Å²) in [6.07, 6.45) is -1.03. The molecule has 0 bridgehead atoms. The zero-order chi connectivity index (χ0) is 21.6. The highest BCUT2D eigenvalue weighted by atomic mass is 35.6. The highest BCUT2D eigenvalue weighted by Crippen LogP contribution is 2.33. The van der Waals surface area contributed by atoms with Gasteiger partial charge in [0.05, 0.1) is 9.85 Å². The molecule has 0 amide bonds. The van der Waals surface area contributed by atoms with Crippen molar-refractivity contribution in [3.8, 4) is 0 Å². The van der Waals surface area contributed by atoms with Gasteiger partial charge in [0.15, 0.2) is 5.11 Å². The summed E-state index contributed by atoms with van der Waals surface area (Å²) < 4.78 is 0.937. The monoisotopic (exact) mass is 495 g/mol. The number of hydrogen-bond acceptors (Lipinski definition) is 7. The summed E-state index contributed by atoms with van der Waals surface area (Å²) in [5, 5.41) is 27.4. The smallest absolute Gasteiger partial charge is 0.284 e. The minimum atomic E-state index is -1.86. The van der Waals surface area contributed by atoms with Crippen molar-refractivity contribution < 1.29 is 9.85 Å². The summed E-state index contributed by atoms with van der Waals surface area (Å²) in [6.45, 7) is 0. The van der Waals surface area contributed by atoms with Crippen molar-refractivity contribution in [3.63, 3.8) is 0 Å². The molecule has 29 heavy (non-hydrogen) atoms. The van der Waals surface area contributed by atoms with Crippen LogP contribution in [-0.4, -0.2) is 24.9 Å². The Hall–Kier alpha value is -1.89. The van der Waals surface area contributed by atoms with E-state index in [-0.39, 0.29) is 16.5 Å². The molecular formula is C15H12Cl3N5O4S2. The van der Waals surface area contributed by atoms with Crippen LogP contribution in [0.5, 0.6) is 0 Å². The summed E-state index contributed by atoms with van der Waals surface area (Å²) in [6, 6.07) is 11.6. The molecule has 0 unspecified atom stereocenters. The lowest BCUT2D eigenvalue weighted by atomic mass is 10.3. The van der Waals surface area contributed by atoms with Crippen molar-refractivity contribution in [3.05, 3.63) is 68.8 Å². The molecule has 0 heterocycles. The summed E-state index contributed by atoms with van der Waals surface area (Å²) in [5.74, 6) is 0. The SMILES string of the molecule is O=[N+]([O-])c1ccc(NC(=S)N[C@@H](NSc2ccccc2[N+](=O)[O-])C(Cl)(Cl)Cl)cc1. The molecule has 1 atom stereocenters. The Morgan fingerprint density at radius 3 is 2.21 bits per heavy atom. The Kier molecular flexibility index (Phi) is 8.25. The second kappa shape index (κ2) is 10.2. The van der Waals surface area contributed by atoms with Crippen LogP contribution >= 0.6 is 59.0 Å². The number of nitro groups is 2. The summed E-state index contributed by atoms with van der Waals surface area (Å²) in [7, 11) is 0. The van der Waals surface area contributed by atoms with E-state index >= 15 is 0 Å². The fraction of sp³-hybridized carbons (Fsp3) is 0.133. The predicted octanol–water partition coefficient (Wildman–Crippen LogP) is 4.78. The highest BCUT2D eigenvalue weighted by Gasteiger charge is 2.34. The van der Waals surface area contributed by atoms with Crippen LogP contribution in [0.4, 0.5) is 17.1 Å². The van der Waals surface area contributed by atoms with Gasteiger partial charge in [-0.15, -0.1) is 0 Å². The first-order chi connectivity index (χ1) is 13.6. The minimum absolute atomic E-state index is 0.0610. The van der Waals surface area contributed by atoms with E-state index in [2.05, 4.69) is 15.4 Å². The number of nitrogens with one attached hydrogen (secondary N) is 3. The number of rotatable bonds is 7. The first kappa shape index (κ1) is 23.4. The molecule has 14 heteroatoms. The summed E-state index contributed by atoms with van der Waals surface area (Å²) in [4.78, 5) is 21.1. The topological polar surface area (TPSA) is 122 Å². The van der Waals surface area contributed by atoms with E-state index in [1.165, 1.54) is 36.4 Å². The number of nitrogens with zero attached hydrogens (tertiary/aromatic N) is 2. The Morgan fingerprint density at radius 2 is 1.66 bits per heavy atom. The average molecular weight is 497 g/mol. The number of benzene rings is 2. The molecule has 0 radical (unpaired) electrons. The van der Waals surface area contributed by atoms with Crippen LogP contribution in [0, 0.1) is 20.2 Å². The molecule has 2 rings (SSSR count). The second-order valence-corrected chi connectivity index (χ2v) is 8.98. The third-order valence-electron chi connectivity index (χ3n) is 3.29. The zero-order valence-corrected chi connectivity index (χ0v) is 18.1. The molecule has 2 aromatic rings. The molecule has 2 aromatic carbocycles. The van der Waals surface area contributed by atoms with Crippen LogP contribution in [0.2, 0.25) is 0 Å². The van der Waals surface area contributed by atoms with E-state index in [9.17, 15) is 20.2 Å². The van der Waals surface area contributed by atoms with Crippen LogP contribution in [-0.2, 0) is 0 Å². The highest BCUT2D eigenvalue weighted by molar-refractivity contribution is 7.97. The van der Waals surface area contributed by atoms with Crippen molar-refractivity contribution in [1.82, 2.24) is 10.0 Å². The molecule has 0 aromatic heterocycles. The van der Waals surface area contributed by atoms with Crippen molar-refractivity contribution in [2.75, 3.05) is 5.32 Å². The first-order valence-electron chi connectivity index (χ1n) is 7.62. The zero-order valence-electron chi connectivity index (χ0n) is 14.2. The van der Waals surface area contributed by atoms with Crippen LogP contribution in [0.15, 0.2) is 53.4 Å². The van der Waals surface area contributed by atoms with Gasteiger partial charge in [0.25, 0.3) is 11.4 Å². The van der Waals surface area contributed by atoms with Gasteiger partial charge in [-0.05, 0) is 42.4 Å². The summed E-state index contributed by atoms with van der Waals surface area (Å²) in [5.41, 5.74) is 0.290. The van der Waals surface area contributed by atoms with Gasteiger partial charge < -0.3 is 10.6 Å². The minimum Gasteiger partial charge on any atom is -0.343 e. The van der Waals surface area contributed by atoms with Gasteiger partial charge >= 0.3 is 0 Å². The predicted molar refractivity (Wildman–Crippen MR) is 119 cm³/mol. The van der Waals surface area contributed by atoms with E-state index in [0.29, 0.717) is 10.6 Å². The average Bonchev–Trinajstić information content (AvgIpc) is 2.64. The number of thiocarbonyl (C=S) groups is 1. The molecule has 0 aliphatic rings. The number of halogens is 3. The van der Waals surface area contributed by atoms with Gasteiger partial charge in [0.1, 0.15) is 11.1 Å². The van der Waals surface area contributed by atoms with Gasteiger partial charge in [-0.3, -0.25) is 20.2 Å². The van der Waals surface area contributed by atoms with E-state index in [4.69, 9.17) is 47.0 Å². The van der Waals surface area contributed by atoms with Gasteiger partial charge in [-0.1, -0.05) is 46.9 Å². The number of para-hydroxylation sites is 1. The van der Waals surface area contributed by atoms with Crippen molar-refractivity contribution >= 4 is 81.1 Å². The summed E-state index contributed by atoms with van der Waals surface area (Å²) >= 11 is 24.0. The molecule has 0 fully saturated rings. The molecule has 0 aliphatic carbocycles. The van der Waals surface area contributed by atoms with Gasteiger partial charge in [0, 0.05) is 23.9 Å². The third kappa shape index (κ3) is 7.14. The molecular weight excluding hydrogens is 485 g/mol. The van der Waals surface area contributed by atoms with Crippen LogP contribution < -0.4 is 15.4 Å². The lowest BCUT2D eigenvalue weighted by molar-refractivity contribution is -0.387. The number of anilines is 1. The second-order valence-electron chi connectivity index (χ2n) is 5.32. The number of alkyl halides is 3. The van der Waals surface area contributed by atoms with Crippen molar-refractivity contribution in [1.29, 1.82) is 0 Å². The molecule has 0 saturated carbocycles. The van der Waals surface area contributed by atoms with Crippen molar-refractivity contribution in [2.45, 2.75) is 14.9 Å². The number of nitro benzene ring substituents is 2. The lowest BCUT2D eigenvalue weighted by Crippen LogP contribution is -2.52. The third-order valence-corrected chi connectivity index (χ3v) is 5.08. The Balaban J connectivity index is 2.04.